The van der Waals surface area contributed by atoms with Crippen LogP contribution in [0.25, 0.3) is 0 Å². The van der Waals surface area contributed by atoms with Crippen molar-refractivity contribution in [2.24, 2.45) is 0 Å². The minimum Gasteiger partial charge on any atom is -0.491 e. The van der Waals surface area contributed by atoms with Gasteiger partial charge in [-0.05, 0) is 40.5 Å². The van der Waals surface area contributed by atoms with E-state index in [4.69, 9.17) is 19.5 Å². The molecule has 4 nitrogen and oxygen atoms in total. The van der Waals surface area contributed by atoms with Crippen LogP contribution in [0.5, 0.6) is 5.75 Å². The molecule has 0 spiro atoms. The van der Waals surface area contributed by atoms with E-state index in [0.29, 0.717) is 32.0 Å². The molecule has 0 bridgehead atoms. The van der Waals surface area contributed by atoms with E-state index in [9.17, 15) is 0 Å². The molecule has 18 heavy (non-hydrogen) atoms. The molecule has 0 fully saturated rings. The van der Waals surface area contributed by atoms with Gasteiger partial charge >= 0.3 is 0 Å². The number of hydrogen-bond donors (Lipinski definition) is 0. The summed E-state index contributed by atoms with van der Waals surface area (Å²) in [4.78, 5) is 0. The quantitative estimate of drug-likeness (QED) is 0.692. The second-order valence-electron chi connectivity index (χ2n) is 3.56. The van der Waals surface area contributed by atoms with Crippen LogP contribution in [0.15, 0.2) is 22.7 Å². The van der Waals surface area contributed by atoms with E-state index in [1.54, 1.807) is 25.3 Å². The molecule has 98 valence electrons. The normalized spacial score (nSPS) is 10.1. The molecular formula is C13H16BrNO3. The fourth-order valence-electron chi connectivity index (χ4n) is 1.30. The van der Waals surface area contributed by atoms with Crippen LogP contribution < -0.4 is 4.74 Å². The molecule has 0 unspecified atom stereocenters. The molecule has 0 atom stereocenters. The van der Waals surface area contributed by atoms with Gasteiger partial charge in [-0.15, -0.1) is 0 Å². The predicted octanol–water partition coefficient (Wildman–Crippen LogP) is 2.75. The van der Waals surface area contributed by atoms with Crippen LogP contribution in [0, 0.1) is 11.3 Å². The van der Waals surface area contributed by atoms with Crippen molar-refractivity contribution in [2.45, 2.75) is 6.42 Å². The van der Waals surface area contributed by atoms with Crippen LogP contribution in [0.3, 0.4) is 0 Å². The Kier molecular flexibility index (Phi) is 7.42. The lowest BCUT2D eigenvalue weighted by Gasteiger charge is -2.07. The Morgan fingerprint density at radius 3 is 2.72 bits per heavy atom. The van der Waals surface area contributed by atoms with Gasteiger partial charge in [0.1, 0.15) is 18.4 Å². The largest absolute Gasteiger partial charge is 0.491 e. The molecule has 1 rings (SSSR count). The number of hydrogen-bond acceptors (Lipinski definition) is 4. The average molecular weight is 314 g/mol. The van der Waals surface area contributed by atoms with Gasteiger partial charge in [0.15, 0.2) is 0 Å². The fourth-order valence-corrected chi connectivity index (χ4v) is 1.75. The molecule has 0 heterocycles. The zero-order valence-corrected chi connectivity index (χ0v) is 11.9. The molecule has 0 aromatic heterocycles. The lowest BCUT2D eigenvalue weighted by molar-refractivity contribution is 0.0806. The molecule has 0 aliphatic heterocycles. The van der Waals surface area contributed by atoms with Gasteiger partial charge in [-0.25, -0.2) is 0 Å². The Hall–Kier alpha value is -1.09. The number of nitriles is 1. The molecule has 0 saturated heterocycles. The maximum absolute atomic E-state index is 8.78. The summed E-state index contributed by atoms with van der Waals surface area (Å²) >= 11 is 3.31. The third-order valence-corrected chi connectivity index (χ3v) is 2.85. The van der Waals surface area contributed by atoms with E-state index < -0.39 is 0 Å². The Bertz CT molecular complexity index is 404. The van der Waals surface area contributed by atoms with Crippen molar-refractivity contribution >= 4 is 15.9 Å². The second-order valence-corrected chi connectivity index (χ2v) is 4.41. The van der Waals surface area contributed by atoms with E-state index in [2.05, 4.69) is 22.0 Å². The van der Waals surface area contributed by atoms with Gasteiger partial charge in [0.25, 0.3) is 0 Å². The third-order valence-electron chi connectivity index (χ3n) is 2.19. The topological polar surface area (TPSA) is 51.5 Å². The van der Waals surface area contributed by atoms with Crippen LogP contribution >= 0.6 is 15.9 Å². The minimum absolute atomic E-state index is 0.491. The van der Waals surface area contributed by atoms with E-state index in [-0.39, 0.29) is 0 Å². The van der Waals surface area contributed by atoms with Crippen LogP contribution in [-0.4, -0.2) is 33.5 Å². The van der Waals surface area contributed by atoms with Crippen molar-refractivity contribution in [3.05, 3.63) is 28.2 Å². The van der Waals surface area contributed by atoms with E-state index in [0.717, 1.165) is 16.6 Å². The second kappa shape index (κ2) is 8.92. The highest BCUT2D eigenvalue weighted by Crippen LogP contribution is 2.22. The van der Waals surface area contributed by atoms with Crippen LogP contribution in [0.1, 0.15) is 12.0 Å². The smallest absolute Gasteiger partial charge is 0.120 e. The number of ether oxygens (including phenoxy) is 3. The first kappa shape index (κ1) is 15.0. The first-order chi connectivity index (χ1) is 8.77. The highest BCUT2D eigenvalue weighted by atomic mass is 79.9. The Labute approximate surface area is 116 Å². The Morgan fingerprint density at radius 1 is 1.22 bits per heavy atom. The maximum atomic E-state index is 8.78. The molecule has 0 amide bonds. The summed E-state index contributed by atoms with van der Waals surface area (Å²) in [5.74, 6) is 0.723. The summed E-state index contributed by atoms with van der Waals surface area (Å²) in [6, 6.07) is 7.35. The minimum atomic E-state index is 0.491. The molecule has 1 aromatic rings. The van der Waals surface area contributed by atoms with E-state index in [1.165, 1.54) is 0 Å². The number of benzene rings is 1. The fraction of sp³-hybridized carbons (Fsp3) is 0.462. The molecule has 5 heteroatoms. The summed E-state index contributed by atoms with van der Waals surface area (Å²) < 4.78 is 16.5. The third kappa shape index (κ3) is 5.50. The summed E-state index contributed by atoms with van der Waals surface area (Å²) in [5.41, 5.74) is 0.596. The molecule has 0 aliphatic rings. The Balaban J connectivity index is 2.20. The van der Waals surface area contributed by atoms with Gasteiger partial charge in [-0.2, -0.15) is 5.26 Å². The van der Waals surface area contributed by atoms with E-state index in [1.807, 2.05) is 0 Å². The molecular weight excluding hydrogens is 298 g/mol. The molecule has 0 aliphatic carbocycles. The van der Waals surface area contributed by atoms with Gasteiger partial charge in [-0.1, -0.05) is 0 Å². The number of methoxy groups -OCH3 is 1. The summed E-state index contributed by atoms with van der Waals surface area (Å²) in [6.07, 6.45) is 0.888. The van der Waals surface area contributed by atoms with Crippen molar-refractivity contribution in [3.8, 4) is 11.8 Å². The van der Waals surface area contributed by atoms with Crippen LogP contribution in [-0.2, 0) is 9.47 Å². The number of halogens is 1. The van der Waals surface area contributed by atoms with Crippen molar-refractivity contribution in [2.75, 3.05) is 33.5 Å². The number of nitrogens with zero attached hydrogens (tertiary/aromatic N) is 1. The summed E-state index contributed by atoms with van der Waals surface area (Å²) in [7, 11) is 1.67. The van der Waals surface area contributed by atoms with Gasteiger partial charge in [0.2, 0.25) is 0 Å². The Morgan fingerprint density at radius 2 is 2.06 bits per heavy atom. The summed E-state index contributed by atoms with van der Waals surface area (Å²) in [6.45, 7) is 2.42. The number of rotatable bonds is 8. The highest BCUT2D eigenvalue weighted by molar-refractivity contribution is 9.10. The SMILES string of the molecule is COCCCOCCOc1ccc(C#N)c(Br)c1. The van der Waals surface area contributed by atoms with Crippen molar-refractivity contribution < 1.29 is 14.2 Å². The van der Waals surface area contributed by atoms with Crippen LogP contribution in [0.4, 0.5) is 0 Å². The monoisotopic (exact) mass is 313 g/mol. The van der Waals surface area contributed by atoms with E-state index >= 15 is 0 Å². The molecule has 1 aromatic carbocycles. The molecule has 0 radical (unpaired) electrons. The maximum Gasteiger partial charge on any atom is 0.120 e. The standard InChI is InChI=1S/C13H16BrNO3/c1-16-5-2-6-17-7-8-18-12-4-3-11(10-15)13(14)9-12/h3-4,9H,2,5-8H2,1H3. The average Bonchev–Trinajstić information content (AvgIpc) is 2.38. The predicted molar refractivity (Wildman–Crippen MR) is 71.7 cm³/mol. The van der Waals surface area contributed by atoms with Crippen molar-refractivity contribution in [1.29, 1.82) is 5.26 Å². The van der Waals surface area contributed by atoms with Gasteiger partial charge < -0.3 is 14.2 Å². The molecule has 0 N–H and O–H groups in total. The van der Waals surface area contributed by atoms with Crippen molar-refractivity contribution in [3.63, 3.8) is 0 Å². The lowest BCUT2D eigenvalue weighted by Crippen LogP contribution is -2.08. The van der Waals surface area contributed by atoms with Gasteiger partial charge in [0.05, 0.1) is 12.2 Å². The lowest BCUT2D eigenvalue weighted by atomic mass is 10.2. The summed E-state index contributed by atoms with van der Waals surface area (Å²) in [5, 5.41) is 8.78. The first-order valence-corrected chi connectivity index (χ1v) is 6.46. The van der Waals surface area contributed by atoms with Crippen molar-refractivity contribution in [1.82, 2.24) is 0 Å². The zero-order valence-electron chi connectivity index (χ0n) is 10.3. The van der Waals surface area contributed by atoms with Gasteiger partial charge in [-0.3, -0.25) is 0 Å². The highest BCUT2D eigenvalue weighted by Gasteiger charge is 2.01. The first-order valence-electron chi connectivity index (χ1n) is 5.67. The van der Waals surface area contributed by atoms with Crippen LogP contribution in [0.2, 0.25) is 0 Å². The van der Waals surface area contributed by atoms with Gasteiger partial charge in [0, 0.05) is 24.8 Å². The zero-order chi connectivity index (χ0) is 13.2. The molecule has 0 saturated carbocycles.